The highest BCUT2D eigenvalue weighted by Gasteiger charge is 2.30. The highest BCUT2D eigenvalue weighted by atomic mass is 16.5. The number of benzene rings is 1. The first-order valence-corrected chi connectivity index (χ1v) is 8.61. The van der Waals surface area contributed by atoms with Gasteiger partial charge in [0.05, 0.1) is 40.8 Å². The predicted octanol–water partition coefficient (Wildman–Crippen LogP) is 2.21. The van der Waals surface area contributed by atoms with Gasteiger partial charge in [0.2, 0.25) is 11.2 Å². The van der Waals surface area contributed by atoms with Gasteiger partial charge in [-0.15, -0.1) is 0 Å². The Kier molecular flexibility index (Phi) is 7.49. The monoisotopic (exact) mass is 408 g/mol. The largest absolute Gasteiger partial charge is 0.502 e. The topological polar surface area (TPSA) is 114 Å². The van der Waals surface area contributed by atoms with Crippen molar-refractivity contribution >= 4 is 5.97 Å². The molecule has 158 valence electrons. The highest BCUT2D eigenvalue weighted by molar-refractivity contribution is 5.72. The van der Waals surface area contributed by atoms with E-state index in [-0.39, 0.29) is 24.5 Å². The van der Waals surface area contributed by atoms with Gasteiger partial charge in [0.1, 0.15) is 18.1 Å². The fourth-order valence-corrected chi connectivity index (χ4v) is 2.92. The molecule has 1 heterocycles. The molecule has 0 aliphatic heterocycles. The minimum absolute atomic E-state index is 0.0104. The molecule has 0 spiro atoms. The van der Waals surface area contributed by atoms with Gasteiger partial charge in [-0.25, -0.2) is 0 Å². The summed E-state index contributed by atoms with van der Waals surface area (Å²) >= 11 is 0. The molecule has 0 aliphatic carbocycles. The van der Waals surface area contributed by atoms with Crippen molar-refractivity contribution in [1.82, 2.24) is 0 Å². The lowest BCUT2D eigenvalue weighted by atomic mass is 9.91. The molecule has 29 heavy (non-hydrogen) atoms. The van der Waals surface area contributed by atoms with Crippen LogP contribution in [0.5, 0.6) is 23.0 Å². The molecule has 2 rings (SSSR count). The Morgan fingerprint density at radius 2 is 1.62 bits per heavy atom. The Bertz CT molecular complexity index is 917. The number of hydrogen-bond acceptors (Lipinski definition) is 9. The van der Waals surface area contributed by atoms with E-state index < -0.39 is 23.1 Å². The van der Waals surface area contributed by atoms with Gasteiger partial charge in [-0.05, 0) is 6.07 Å². The molecule has 9 heteroatoms. The van der Waals surface area contributed by atoms with Crippen LogP contribution in [0.25, 0.3) is 0 Å². The standard InChI is InChI=1S/C20H24O9/c1-24-10-11-6-14(21)19(23)20(29-11)13(8-18(22)28-5)12-7-16(26-3)17(27-4)9-15(12)25-2/h6-7,9,13,23H,8,10H2,1-5H3. The molecule has 0 radical (unpaired) electrons. The van der Waals surface area contributed by atoms with Gasteiger partial charge in [-0.1, -0.05) is 0 Å². The number of carbonyl (C=O) groups is 1. The van der Waals surface area contributed by atoms with E-state index in [0.717, 1.165) is 6.07 Å². The highest BCUT2D eigenvalue weighted by Crippen LogP contribution is 2.43. The van der Waals surface area contributed by atoms with Gasteiger partial charge in [0, 0.05) is 24.8 Å². The lowest BCUT2D eigenvalue weighted by Crippen LogP contribution is -2.15. The Hall–Kier alpha value is -3.20. The molecule has 1 N–H and O–H groups in total. The van der Waals surface area contributed by atoms with E-state index in [4.69, 9.17) is 28.1 Å². The molecule has 0 bridgehead atoms. The summed E-state index contributed by atoms with van der Waals surface area (Å²) in [7, 11) is 7.05. The van der Waals surface area contributed by atoms with Crippen molar-refractivity contribution in [3.63, 3.8) is 0 Å². The van der Waals surface area contributed by atoms with Crippen molar-refractivity contribution in [3.8, 4) is 23.0 Å². The van der Waals surface area contributed by atoms with Crippen molar-refractivity contribution < 1.29 is 38.0 Å². The first-order chi connectivity index (χ1) is 13.9. The smallest absolute Gasteiger partial charge is 0.306 e. The molecular formula is C20H24O9. The van der Waals surface area contributed by atoms with Gasteiger partial charge in [-0.3, -0.25) is 9.59 Å². The van der Waals surface area contributed by atoms with Crippen molar-refractivity contribution in [2.24, 2.45) is 0 Å². The maximum Gasteiger partial charge on any atom is 0.306 e. The van der Waals surface area contributed by atoms with Crippen LogP contribution in [0, 0.1) is 0 Å². The normalized spacial score (nSPS) is 11.6. The predicted molar refractivity (Wildman–Crippen MR) is 102 cm³/mol. The van der Waals surface area contributed by atoms with Crippen molar-refractivity contribution in [1.29, 1.82) is 0 Å². The van der Waals surface area contributed by atoms with Gasteiger partial charge >= 0.3 is 5.97 Å². The number of ether oxygens (including phenoxy) is 5. The van der Waals surface area contributed by atoms with Crippen LogP contribution >= 0.6 is 0 Å². The second-order valence-electron chi connectivity index (χ2n) is 6.00. The summed E-state index contributed by atoms with van der Waals surface area (Å²) < 4.78 is 31.6. The van der Waals surface area contributed by atoms with Crippen LogP contribution in [-0.2, 0) is 20.9 Å². The molecule has 0 saturated heterocycles. The molecular weight excluding hydrogens is 384 g/mol. The van der Waals surface area contributed by atoms with Crippen LogP contribution < -0.4 is 19.6 Å². The number of esters is 1. The molecule has 0 fully saturated rings. The fraction of sp³-hybridized carbons (Fsp3) is 0.400. The molecule has 0 aliphatic rings. The minimum atomic E-state index is -0.901. The van der Waals surface area contributed by atoms with Crippen LogP contribution in [0.1, 0.15) is 29.4 Å². The van der Waals surface area contributed by atoms with E-state index >= 15 is 0 Å². The summed E-state index contributed by atoms with van der Waals surface area (Å²) in [4.78, 5) is 24.4. The van der Waals surface area contributed by atoms with E-state index in [9.17, 15) is 14.7 Å². The number of rotatable bonds is 9. The molecule has 1 aromatic carbocycles. The summed E-state index contributed by atoms with van der Waals surface area (Å²) in [6.07, 6.45) is -0.227. The molecule has 1 atom stereocenters. The summed E-state index contributed by atoms with van der Waals surface area (Å²) in [5.41, 5.74) is -0.226. The zero-order chi connectivity index (χ0) is 21.6. The van der Waals surface area contributed by atoms with Crippen molar-refractivity contribution in [2.45, 2.75) is 18.9 Å². The molecule has 2 aromatic rings. The summed E-state index contributed by atoms with van der Waals surface area (Å²) in [6.45, 7) is 0.0104. The summed E-state index contributed by atoms with van der Waals surface area (Å²) in [6, 6.07) is 4.30. The number of carbonyl (C=O) groups excluding carboxylic acids is 1. The van der Waals surface area contributed by atoms with Gasteiger partial charge in [0.25, 0.3) is 0 Å². The van der Waals surface area contributed by atoms with E-state index in [0.29, 0.717) is 22.8 Å². The lowest BCUT2D eigenvalue weighted by Gasteiger charge is -2.21. The van der Waals surface area contributed by atoms with Crippen LogP contribution in [0.2, 0.25) is 0 Å². The van der Waals surface area contributed by atoms with E-state index in [1.54, 1.807) is 12.1 Å². The Labute approximate surface area is 167 Å². The zero-order valence-corrected chi connectivity index (χ0v) is 16.9. The SMILES string of the molecule is COCc1cc(=O)c(O)c(C(CC(=O)OC)c2cc(OC)c(OC)cc2OC)o1. The fourth-order valence-electron chi connectivity index (χ4n) is 2.92. The van der Waals surface area contributed by atoms with Crippen LogP contribution in [-0.4, -0.2) is 46.6 Å². The third kappa shape index (κ3) is 4.80. The number of aromatic hydroxyl groups is 1. The molecule has 0 amide bonds. The lowest BCUT2D eigenvalue weighted by molar-refractivity contribution is -0.140. The summed E-state index contributed by atoms with van der Waals surface area (Å²) in [5, 5.41) is 10.4. The molecule has 1 unspecified atom stereocenters. The molecule has 9 nitrogen and oxygen atoms in total. The maximum absolute atomic E-state index is 12.2. The van der Waals surface area contributed by atoms with Crippen LogP contribution in [0.15, 0.2) is 27.4 Å². The van der Waals surface area contributed by atoms with E-state index in [1.807, 2.05) is 0 Å². The summed E-state index contributed by atoms with van der Waals surface area (Å²) in [5.74, 6) is -0.893. The number of hydrogen-bond donors (Lipinski definition) is 1. The van der Waals surface area contributed by atoms with Gasteiger partial charge < -0.3 is 33.2 Å². The average molecular weight is 408 g/mol. The molecule has 0 saturated carbocycles. The Morgan fingerprint density at radius 1 is 1.00 bits per heavy atom. The van der Waals surface area contributed by atoms with E-state index in [1.165, 1.54) is 35.5 Å². The Morgan fingerprint density at radius 3 is 2.17 bits per heavy atom. The number of methoxy groups -OCH3 is 5. The minimum Gasteiger partial charge on any atom is -0.502 e. The second-order valence-corrected chi connectivity index (χ2v) is 6.00. The quantitative estimate of drug-likeness (QED) is 0.624. The van der Waals surface area contributed by atoms with Crippen LogP contribution in [0.4, 0.5) is 0 Å². The zero-order valence-electron chi connectivity index (χ0n) is 16.9. The first kappa shape index (κ1) is 22.1. The second kappa shape index (κ2) is 9.83. The Balaban J connectivity index is 2.76. The van der Waals surface area contributed by atoms with Gasteiger partial charge in [0.15, 0.2) is 17.3 Å². The first-order valence-electron chi connectivity index (χ1n) is 8.61. The third-order valence-corrected chi connectivity index (χ3v) is 4.31. The van der Waals surface area contributed by atoms with Crippen LogP contribution in [0.3, 0.4) is 0 Å². The third-order valence-electron chi connectivity index (χ3n) is 4.31. The average Bonchev–Trinajstić information content (AvgIpc) is 2.73. The maximum atomic E-state index is 12.2. The van der Waals surface area contributed by atoms with Gasteiger partial charge in [-0.2, -0.15) is 0 Å². The van der Waals surface area contributed by atoms with Crippen molar-refractivity contribution in [3.05, 3.63) is 45.5 Å². The van der Waals surface area contributed by atoms with E-state index in [2.05, 4.69) is 0 Å². The van der Waals surface area contributed by atoms with Crippen molar-refractivity contribution in [2.75, 3.05) is 35.5 Å². The molecule has 1 aromatic heterocycles.